The van der Waals surface area contributed by atoms with Gasteiger partial charge in [-0.25, -0.2) is 13.6 Å². The van der Waals surface area contributed by atoms with Crippen LogP contribution in [0.5, 0.6) is 0 Å². The number of amides is 1. The van der Waals surface area contributed by atoms with Crippen LogP contribution in [0.25, 0.3) is 0 Å². The summed E-state index contributed by atoms with van der Waals surface area (Å²) in [5, 5.41) is 30.2. The number of aliphatic hydroxyl groups excluding tert-OH is 2. The highest BCUT2D eigenvalue weighted by Gasteiger charge is 2.27. The Balaban J connectivity index is 3.04. The van der Waals surface area contributed by atoms with E-state index in [1.807, 2.05) is 0 Å². The molecule has 110 valence electrons. The van der Waals surface area contributed by atoms with Gasteiger partial charge in [-0.15, -0.1) is 0 Å². The lowest BCUT2D eigenvalue weighted by Gasteiger charge is -2.19. The fourth-order valence-electron chi connectivity index (χ4n) is 1.56. The highest BCUT2D eigenvalue weighted by molar-refractivity contribution is 5.88. The number of rotatable bonds is 5. The standard InChI is InChI=1S/C12H13F2NO5/c1-5(16)15-4-8(17)11(18)6-2-3-7(13)9(10(6)14)12(19)20/h2-3,8,11,17-18H,4H2,1H3,(H,15,16)(H,19,20). The summed E-state index contributed by atoms with van der Waals surface area (Å²) in [6.07, 6.45) is -3.37. The van der Waals surface area contributed by atoms with Crippen LogP contribution < -0.4 is 5.32 Å². The number of carbonyl (C=O) groups excluding carboxylic acids is 1. The highest BCUT2D eigenvalue weighted by atomic mass is 19.1. The van der Waals surface area contributed by atoms with E-state index in [0.717, 1.165) is 6.07 Å². The first-order valence-electron chi connectivity index (χ1n) is 5.57. The summed E-state index contributed by atoms with van der Waals surface area (Å²) in [5.41, 5.74) is -1.78. The van der Waals surface area contributed by atoms with Gasteiger partial charge < -0.3 is 20.6 Å². The van der Waals surface area contributed by atoms with Crippen molar-refractivity contribution < 1.29 is 33.7 Å². The molecular formula is C12H13F2NO5. The molecule has 1 rings (SSSR count). The molecule has 2 unspecified atom stereocenters. The molecule has 20 heavy (non-hydrogen) atoms. The maximum Gasteiger partial charge on any atom is 0.341 e. The number of halogens is 2. The third kappa shape index (κ3) is 3.49. The van der Waals surface area contributed by atoms with Crippen LogP contribution in [0, 0.1) is 11.6 Å². The molecule has 0 fully saturated rings. The zero-order valence-corrected chi connectivity index (χ0v) is 10.4. The van der Waals surface area contributed by atoms with Crippen molar-refractivity contribution in [1.82, 2.24) is 5.32 Å². The van der Waals surface area contributed by atoms with E-state index in [2.05, 4.69) is 5.32 Å². The molecule has 8 heteroatoms. The maximum absolute atomic E-state index is 13.8. The van der Waals surface area contributed by atoms with Gasteiger partial charge in [0.2, 0.25) is 5.91 Å². The van der Waals surface area contributed by atoms with E-state index in [-0.39, 0.29) is 6.54 Å². The lowest BCUT2D eigenvalue weighted by atomic mass is 10.0. The third-order valence-electron chi connectivity index (χ3n) is 2.58. The minimum absolute atomic E-state index is 0.365. The van der Waals surface area contributed by atoms with Crippen LogP contribution in [0.15, 0.2) is 12.1 Å². The first-order chi connectivity index (χ1) is 9.25. The van der Waals surface area contributed by atoms with Crippen LogP contribution in [0.4, 0.5) is 8.78 Å². The SMILES string of the molecule is CC(=O)NCC(O)C(O)c1ccc(F)c(C(=O)O)c1F. The van der Waals surface area contributed by atoms with E-state index >= 15 is 0 Å². The van der Waals surface area contributed by atoms with E-state index in [1.54, 1.807) is 0 Å². The van der Waals surface area contributed by atoms with Crippen molar-refractivity contribution in [1.29, 1.82) is 0 Å². The second-order valence-electron chi connectivity index (χ2n) is 4.08. The molecule has 0 aliphatic rings. The molecule has 0 aliphatic carbocycles. The second kappa shape index (κ2) is 6.40. The molecule has 4 N–H and O–H groups in total. The number of hydrogen-bond acceptors (Lipinski definition) is 4. The Hall–Kier alpha value is -2.06. The summed E-state index contributed by atoms with van der Waals surface area (Å²) in [4.78, 5) is 21.4. The topological polar surface area (TPSA) is 107 Å². The molecule has 1 aromatic rings. The van der Waals surface area contributed by atoms with E-state index in [9.17, 15) is 28.6 Å². The number of carboxylic acid groups (broad SMARTS) is 1. The fraction of sp³-hybridized carbons (Fsp3) is 0.333. The summed E-state index contributed by atoms with van der Waals surface area (Å²) >= 11 is 0. The molecule has 0 saturated carbocycles. The van der Waals surface area contributed by atoms with Crippen molar-refractivity contribution >= 4 is 11.9 Å². The van der Waals surface area contributed by atoms with Crippen LogP contribution in [0.1, 0.15) is 28.9 Å². The van der Waals surface area contributed by atoms with Gasteiger partial charge in [0.15, 0.2) is 0 Å². The van der Waals surface area contributed by atoms with Gasteiger partial charge in [0, 0.05) is 19.0 Å². The Kier molecular flexibility index (Phi) is 5.12. The predicted molar refractivity (Wildman–Crippen MR) is 63.0 cm³/mol. The van der Waals surface area contributed by atoms with Gasteiger partial charge in [0.05, 0.1) is 0 Å². The normalized spacial score (nSPS) is 13.7. The van der Waals surface area contributed by atoms with E-state index in [0.29, 0.717) is 6.07 Å². The number of aromatic carboxylic acids is 1. The number of aliphatic hydroxyl groups is 2. The number of carbonyl (C=O) groups is 2. The molecule has 0 saturated heterocycles. The molecule has 0 aliphatic heterocycles. The van der Waals surface area contributed by atoms with Crippen molar-refractivity contribution in [2.45, 2.75) is 19.1 Å². The maximum atomic E-state index is 13.8. The molecule has 0 heterocycles. The van der Waals surface area contributed by atoms with E-state index < -0.39 is 46.8 Å². The molecule has 0 aromatic heterocycles. The van der Waals surface area contributed by atoms with Crippen LogP contribution in [-0.2, 0) is 4.79 Å². The minimum atomic E-state index is -1.83. The van der Waals surface area contributed by atoms with Crippen molar-refractivity contribution in [3.8, 4) is 0 Å². The summed E-state index contributed by atoms with van der Waals surface area (Å²) in [6.45, 7) is 0.815. The molecule has 0 radical (unpaired) electrons. The Morgan fingerprint density at radius 1 is 1.30 bits per heavy atom. The van der Waals surface area contributed by atoms with Crippen molar-refractivity contribution in [2.24, 2.45) is 0 Å². The van der Waals surface area contributed by atoms with Gasteiger partial charge >= 0.3 is 5.97 Å². The summed E-state index contributed by atoms with van der Waals surface area (Å²) in [6, 6.07) is 1.51. The largest absolute Gasteiger partial charge is 0.477 e. The Bertz CT molecular complexity index is 535. The number of hydrogen-bond donors (Lipinski definition) is 4. The molecule has 0 spiro atoms. The number of nitrogens with one attached hydrogen (secondary N) is 1. The zero-order valence-electron chi connectivity index (χ0n) is 10.4. The molecule has 1 aromatic carbocycles. The van der Waals surface area contributed by atoms with Crippen molar-refractivity contribution in [2.75, 3.05) is 6.54 Å². The van der Waals surface area contributed by atoms with Crippen LogP contribution in [0.2, 0.25) is 0 Å². The lowest BCUT2D eigenvalue weighted by molar-refractivity contribution is -0.119. The molecule has 1 amide bonds. The monoisotopic (exact) mass is 289 g/mol. The smallest absolute Gasteiger partial charge is 0.341 e. The molecular weight excluding hydrogens is 276 g/mol. The van der Waals surface area contributed by atoms with Crippen LogP contribution >= 0.6 is 0 Å². The average Bonchev–Trinajstić information content (AvgIpc) is 2.34. The molecule has 2 atom stereocenters. The summed E-state index contributed by atoms with van der Waals surface area (Å²) < 4.78 is 27.0. The van der Waals surface area contributed by atoms with E-state index in [4.69, 9.17) is 5.11 Å². The average molecular weight is 289 g/mol. The first kappa shape index (κ1) is 16.0. The van der Waals surface area contributed by atoms with Gasteiger partial charge in [-0.05, 0) is 6.07 Å². The van der Waals surface area contributed by atoms with Crippen molar-refractivity contribution in [3.63, 3.8) is 0 Å². The van der Waals surface area contributed by atoms with Gasteiger partial charge in [-0.3, -0.25) is 4.79 Å². The first-order valence-corrected chi connectivity index (χ1v) is 5.57. The molecule has 6 nitrogen and oxygen atoms in total. The van der Waals surface area contributed by atoms with Gasteiger partial charge in [0.1, 0.15) is 29.4 Å². The molecule has 0 bridgehead atoms. The Morgan fingerprint density at radius 3 is 2.40 bits per heavy atom. The van der Waals surface area contributed by atoms with Crippen LogP contribution in [0.3, 0.4) is 0 Å². The predicted octanol–water partition coefficient (Wildman–Crippen LogP) is 0.193. The lowest BCUT2D eigenvalue weighted by Crippen LogP contribution is -2.34. The Morgan fingerprint density at radius 2 is 1.90 bits per heavy atom. The number of carboxylic acids is 1. The summed E-state index contributed by atoms with van der Waals surface area (Å²) in [7, 11) is 0. The Labute approximate surface area is 112 Å². The summed E-state index contributed by atoms with van der Waals surface area (Å²) in [5.74, 6) is -5.05. The fourth-order valence-corrected chi connectivity index (χ4v) is 1.56. The highest BCUT2D eigenvalue weighted by Crippen LogP contribution is 2.24. The number of benzene rings is 1. The van der Waals surface area contributed by atoms with Gasteiger partial charge in [-0.2, -0.15) is 0 Å². The minimum Gasteiger partial charge on any atom is -0.477 e. The zero-order chi connectivity index (χ0) is 15.4. The van der Waals surface area contributed by atoms with Gasteiger partial charge in [0.25, 0.3) is 0 Å². The van der Waals surface area contributed by atoms with Gasteiger partial charge in [-0.1, -0.05) is 6.07 Å². The third-order valence-corrected chi connectivity index (χ3v) is 2.58. The van der Waals surface area contributed by atoms with E-state index in [1.165, 1.54) is 6.92 Å². The quantitative estimate of drug-likeness (QED) is 0.619. The van der Waals surface area contributed by atoms with Crippen LogP contribution in [-0.4, -0.2) is 39.8 Å². The van der Waals surface area contributed by atoms with Crippen molar-refractivity contribution in [3.05, 3.63) is 34.9 Å². The second-order valence-corrected chi connectivity index (χ2v) is 4.08.